The number of hydrogen-bond donors (Lipinski definition) is 1. The van der Waals surface area contributed by atoms with Crippen LogP contribution in [-0.4, -0.2) is 33.2 Å². The Kier molecular flexibility index (Phi) is 4.05. The van der Waals surface area contributed by atoms with Crippen LogP contribution < -0.4 is 0 Å². The first kappa shape index (κ1) is 15.0. The lowest BCUT2D eigenvalue weighted by atomic mass is 10.4. The molecule has 1 rings (SSSR count). The zero-order chi connectivity index (χ0) is 14.0. The van der Waals surface area contributed by atoms with Crippen molar-refractivity contribution < 1.29 is 34.4 Å². The van der Waals surface area contributed by atoms with E-state index >= 15 is 0 Å². The number of hydrogen-bond acceptors (Lipinski definition) is 5. The first-order valence-corrected chi connectivity index (χ1v) is 7.20. The van der Waals surface area contributed by atoms with E-state index in [1.807, 2.05) is 0 Å². The van der Waals surface area contributed by atoms with Crippen molar-refractivity contribution in [3.8, 4) is 0 Å². The van der Waals surface area contributed by atoms with Crippen molar-refractivity contribution in [3.63, 3.8) is 0 Å². The number of alkyl halides is 2. The van der Waals surface area contributed by atoms with Crippen molar-refractivity contribution in [3.05, 3.63) is 30.3 Å². The lowest BCUT2D eigenvalue weighted by Gasteiger charge is -2.12. The van der Waals surface area contributed by atoms with Gasteiger partial charge in [-0.25, -0.2) is 0 Å². The summed E-state index contributed by atoms with van der Waals surface area (Å²) in [5.41, 5.74) is 0. The summed E-state index contributed by atoms with van der Waals surface area (Å²) in [6.45, 7) is -2.00. The van der Waals surface area contributed by atoms with Gasteiger partial charge in [-0.1, -0.05) is 18.2 Å². The van der Waals surface area contributed by atoms with Crippen LogP contribution in [0.4, 0.5) is 8.78 Å². The molecule has 10 heteroatoms. The minimum atomic E-state index is -5.73. The molecule has 18 heavy (non-hydrogen) atoms. The van der Waals surface area contributed by atoms with Gasteiger partial charge in [0, 0.05) is 0 Å². The Morgan fingerprint density at radius 3 is 2.06 bits per heavy atom. The fraction of sp³-hybridized carbons (Fsp3) is 0.250. The van der Waals surface area contributed by atoms with Crippen LogP contribution in [0.3, 0.4) is 0 Å². The first-order valence-electron chi connectivity index (χ1n) is 4.36. The van der Waals surface area contributed by atoms with Crippen molar-refractivity contribution in [2.75, 3.05) is 6.61 Å². The van der Waals surface area contributed by atoms with Gasteiger partial charge >= 0.3 is 15.4 Å². The molecule has 0 radical (unpaired) electrons. The molecule has 102 valence electrons. The maximum absolute atomic E-state index is 12.7. The van der Waals surface area contributed by atoms with E-state index in [1.165, 1.54) is 18.2 Å². The van der Waals surface area contributed by atoms with Crippen molar-refractivity contribution in [1.82, 2.24) is 0 Å². The van der Waals surface area contributed by atoms with Crippen LogP contribution in [0.2, 0.25) is 0 Å². The summed E-state index contributed by atoms with van der Waals surface area (Å²) in [6.07, 6.45) is 0. The third-order valence-corrected chi connectivity index (χ3v) is 3.94. The van der Waals surface area contributed by atoms with E-state index in [0.717, 1.165) is 12.1 Å². The Labute approximate surface area is 102 Å². The molecule has 0 fully saturated rings. The second-order valence-electron chi connectivity index (χ2n) is 3.14. The van der Waals surface area contributed by atoms with Gasteiger partial charge in [-0.15, -0.1) is 0 Å². The van der Waals surface area contributed by atoms with Gasteiger partial charge in [-0.05, 0) is 12.1 Å². The number of rotatable bonds is 5. The molecule has 1 N–H and O–H groups in total. The number of benzene rings is 1. The highest BCUT2D eigenvalue weighted by atomic mass is 32.2. The summed E-state index contributed by atoms with van der Waals surface area (Å²) in [7, 11) is -10.2. The Bertz CT molecular complexity index is 608. The molecule has 6 nitrogen and oxygen atoms in total. The monoisotopic (exact) mass is 302 g/mol. The van der Waals surface area contributed by atoms with Gasteiger partial charge in [0.05, 0.1) is 4.90 Å². The molecule has 0 spiro atoms. The van der Waals surface area contributed by atoms with Gasteiger partial charge in [-0.3, -0.25) is 8.74 Å². The zero-order valence-electron chi connectivity index (χ0n) is 8.65. The number of halogens is 2. The fourth-order valence-electron chi connectivity index (χ4n) is 0.876. The molecule has 0 bridgehead atoms. The summed E-state index contributed by atoms with van der Waals surface area (Å²) in [4.78, 5) is -0.406. The summed E-state index contributed by atoms with van der Waals surface area (Å²) in [6, 6.07) is 6.32. The van der Waals surface area contributed by atoms with Gasteiger partial charge in [0.15, 0.2) is 0 Å². The molecule has 0 saturated heterocycles. The highest BCUT2D eigenvalue weighted by Crippen LogP contribution is 2.23. The third kappa shape index (κ3) is 3.45. The van der Waals surface area contributed by atoms with Crippen molar-refractivity contribution in [2.45, 2.75) is 10.2 Å². The predicted octanol–water partition coefficient (Wildman–Crippen LogP) is 0.873. The largest absolute Gasteiger partial charge is 0.393 e. The second-order valence-corrected chi connectivity index (χ2v) is 6.30. The topological polar surface area (TPSA) is 97.7 Å². The van der Waals surface area contributed by atoms with E-state index in [9.17, 15) is 25.6 Å². The molecular formula is C8H8F2O6S2. The van der Waals surface area contributed by atoms with Crippen LogP contribution in [0.25, 0.3) is 0 Å². The Morgan fingerprint density at radius 2 is 1.61 bits per heavy atom. The van der Waals surface area contributed by atoms with Crippen LogP contribution >= 0.6 is 0 Å². The lowest BCUT2D eigenvalue weighted by Crippen LogP contribution is -2.34. The summed E-state index contributed by atoms with van der Waals surface area (Å²) in [5.74, 6) is 0. The molecule has 0 atom stereocenters. The van der Waals surface area contributed by atoms with E-state index in [1.54, 1.807) is 0 Å². The van der Waals surface area contributed by atoms with E-state index in [0.29, 0.717) is 0 Å². The average molecular weight is 302 g/mol. The standard InChI is InChI=1S/C8H8F2O6S2/c9-8(10,18(13,14)15)6-16-17(11,12)7-4-2-1-3-5-7/h1-5H,6H2,(H,13,14,15). The van der Waals surface area contributed by atoms with Gasteiger partial charge < -0.3 is 0 Å². The molecule has 1 aromatic carbocycles. The molecular weight excluding hydrogens is 294 g/mol. The molecule has 0 heterocycles. The highest BCUT2D eigenvalue weighted by Gasteiger charge is 2.45. The molecule has 0 amide bonds. The maximum atomic E-state index is 12.7. The SMILES string of the molecule is O=S(=O)(OCC(F)(F)S(=O)(=O)O)c1ccccc1. The van der Waals surface area contributed by atoms with Crippen LogP contribution in [0.1, 0.15) is 0 Å². The Hall–Kier alpha value is -1.10. The quantitative estimate of drug-likeness (QED) is 0.640. The Balaban J connectivity index is 2.88. The lowest BCUT2D eigenvalue weighted by molar-refractivity contribution is 0.0312. The third-order valence-electron chi connectivity index (χ3n) is 1.79. The average Bonchev–Trinajstić information content (AvgIpc) is 2.26. The van der Waals surface area contributed by atoms with Crippen LogP contribution in [0.5, 0.6) is 0 Å². The molecule has 0 aliphatic heterocycles. The first-order chi connectivity index (χ1) is 8.06. The molecule has 0 saturated carbocycles. The molecule has 0 aromatic heterocycles. The van der Waals surface area contributed by atoms with Gasteiger partial charge in [0.25, 0.3) is 10.1 Å². The second kappa shape index (κ2) is 4.88. The van der Waals surface area contributed by atoms with Crippen molar-refractivity contribution in [2.24, 2.45) is 0 Å². The minimum absolute atomic E-state index is 0.406. The van der Waals surface area contributed by atoms with Crippen molar-refractivity contribution >= 4 is 20.2 Å². The van der Waals surface area contributed by atoms with Gasteiger partial charge in [0.1, 0.15) is 6.61 Å². The summed E-state index contributed by atoms with van der Waals surface area (Å²) in [5, 5.41) is -4.70. The van der Waals surface area contributed by atoms with Crippen LogP contribution in [0.15, 0.2) is 35.2 Å². The van der Waals surface area contributed by atoms with Gasteiger partial charge in [-0.2, -0.15) is 25.6 Å². The molecule has 0 unspecified atom stereocenters. The van der Waals surface area contributed by atoms with E-state index < -0.39 is 37.0 Å². The smallest absolute Gasteiger partial charge is 0.281 e. The van der Waals surface area contributed by atoms with Crippen molar-refractivity contribution in [1.29, 1.82) is 0 Å². The maximum Gasteiger partial charge on any atom is 0.393 e. The zero-order valence-corrected chi connectivity index (χ0v) is 10.3. The van der Waals surface area contributed by atoms with E-state index in [-0.39, 0.29) is 0 Å². The summed E-state index contributed by atoms with van der Waals surface area (Å²) >= 11 is 0. The van der Waals surface area contributed by atoms with E-state index in [2.05, 4.69) is 4.18 Å². The van der Waals surface area contributed by atoms with E-state index in [4.69, 9.17) is 4.55 Å². The molecule has 0 aliphatic rings. The predicted molar refractivity (Wildman–Crippen MR) is 56.1 cm³/mol. The minimum Gasteiger partial charge on any atom is -0.281 e. The normalized spacial score (nSPS) is 13.5. The summed E-state index contributed by atoms with van der Waals surface area (Å²) < 4.78 is 80.8. The Morgan fingerprint density at radius 1 is 1.11 bits per heavy atom. The van der Waals surface area contributed by atoms with Gasteiger partial charge in [0.2, 0.25) is 0 Å². The highest BCUT2D eigenvalue weighted by molar-refractivity contribution is 7.87. The fourth-order valence-corrected chi connectivity index (χ4v) is 2.09. The van der Waals surface area contributed by atoms with Crippen LogP contribution in [-0.2, 0) is 24.4 Å². The molecule has 0 aliphatic carbocycles. The van der Waals surface area contributed by atoms with Crippen LogP contribution in [0, 0.1) is 0 Å². The molecule has 1 aromatic rings.